The van der Waals surface area contributed by atoms with E-state index in [1.807, 2.05) is 59.7 Å². The number of para-hydroxylation sites is 1. The zero-order chi connectivity index (χ0) is 79.7. The fourth-order valence-electron chi connectivity index (χ4n) is 10.5. The third kappa shape index (κ3) is 9.16. The van der Waals surface area contributed by atoms with Crippen molar-refractivity contribution in [3.63, 3.8) is 0 Å². The summed E-state index contributed by atoms with van der Waals surface area (Å²) in [5.74, 6) is 0.460. The lowest BCUT2D eigenvalue weighted by molar-refractivity contribution is -0.572. The molecule has 0 aliphatic carbocycles. The molecule has 0 aliphatic rings. The summed E-state index contributed by atoms with van der Waals surface area (Å²) < 4.78 is 268. The maximum absolute atomic E-state index is 10.1. The summed E-state index contributed by atoms with van der Waals surface area (Å²) in [4.78, 5) is 4.71. The number of ether oxygens (including phenoxy) is 1. The lowest BCUT2D eigenvalue weighted by Gasteiger charge is -2.39. The van der Waals surface area contributed by atoms with Crippen molar-refractivity contribution >= 4 is 61.7 Å². The predicted molar refractivity (Wildman–Crippen MR) is 339 cm³/mol. The highest BCUT2D eigenvalue weighted by Crippen LogP contribution is 2.38. The van der Waals surface area contributed by atoms with Gasteiger partial charge in [-0.15, -0.1) is 0 Å². The first-order valence-corrected chi connectivity index (χ1v) is 27.8. The van der Waals surface area contributed by atoms with Crippen LogP contribution in [0.3, 0.4) is 0 Å². The summed E-state index contributed by atoms with van der Waals surface area (Å²) in [7, 11) is -6.01. The maximum atomic E-state index is 10.1. The third-order valence-corrected chi connectivity index (χ3v) is 18.5. The first kappa shape index (κ1) is 28.7. The highest BCUT2D eigenvalue weighted by molar-refractivity contribution is 7.20. The molecule has 0 aliphatic heterocycles. The van der Waals surface area contributed by atoms with Gasteiger partial charge in [0.15, 0.2) is 8.07 Å². The predicted octanol–water partition coefficient (Wildman–Crippen LogP) is 15.6. The average molecular weight is 1090 g/mol. The van der Waals surface area contributed by atoms with Crippen LogP contribution in [-0.2, 0) is 10.8 Å². The molecule has 13 rings (SSSR count). The summed E-state index contributed by atoms with van der Waals surface area (Å²) in [5, 5.41) is -1.03. The number of pyridine rings is 1. The van der Waals surface area contributed by atoms with E-state index in [1.54, 1.807) is 71.3 Å². The fraction of sp³-hybridized carbons (Fsp3) is 0.120. The van der Waals surface area contributed by atoms with Gasteiger partial charge >= 0.3 is 0 Å². The van der Waals surface area contributed by atoms with Crippen molar-refractivity contribution in [3.8, 4) is 50.9 Å². The van der Waals surface area contributed by atoms with Crippen molar-refractivity contribution in [1.82, 2.24) is 14.1 Å². The summed E-state index contributed by atoms with van der Waals surface area (Å²) in [6, 6.07) is 7.38. The standard InChI is InChI=1S/C75H64N4OSi/c1-52-44-72(76-50-65(52)54-28-15-9-16-29-54)79-67-39-24-23-38-63(67)64-42-41-59(49-69(64)79)80-58-31-25-30-57(48-58)77-51-78(68-43-40-55(45-70(68)77)53-26-13-8-14-27-53)73-66(75(5,6)7)46-56(74(2,3)4)47-71(73)81(60-32-17-10-18-33-60,61-34-19-11-20-35-61)62-36-21-12-22-37-62/h8-50H,1-7H3/i1D3,8D,9D,10D,11D,12D,13D,14D,15D,16D,17D,18D,19D,20D,21D,22D,26D,27D,28D,29D,32D,33D,34D,35D,36D,37D. The van der Waals surface area contributed by atoms with Gasteiger partial charge < -0.3 is 4.74 Å². The molecule has 13 aromatic rings. The molecule has 3 aromatic heterocycles. The number of hydrogen-bond donors (Lipinski definition) is 0. The summed E-state index contributed by atoms with van der Waals surface area (Å²) in [6.45, 7) is 8.09. The van der Waals surface area contributed by atoms with E-state index >= 15 is 0 Å². The molecule has 3 heterocycles. The normalized spacial score (nSPS) is 17.2. The summed E-state index contributed by atoms with van der Waals surface area (Å²) in [6.07, 6.45) is 4.66. The molecule has 0 fully saturated rings. The molecule has 0 bridgehead atoms. The minimum atomic E-state index is -6.01. The van der Waals surface area contributed by atoms with E-state index in [-0.39, 0.29) is 72.7 Å². The van der Waals surface area contributed by atoms with Crippen LogP contribution in [0.25, 0.3) is 72.3 Å². The van der Waals surface area contributed by atoms with Gasteiger partial charge in [0.05, 0.1) is 67.7 Å². The van der Waals surface area contributed by atoms with Gasteiger partial charge in [-0.1, -0.05) is 241 Å². The number of nitrogens with zero attached hydrogens (tertiary/aromatic N) is 4. The molecular formula is C75H64N4OSi. The molecule has 0 saturated heterocycles. The number of rotatable bonds is 11. The number of imidazole rings is 1. The van der Waals surface area contributed by atoms with Crippen LogP contribution in [0.5, 0.6) is 11.5 Å². The van der Waals surface area contributed by atoms with Crippen LogP contribution >= 0.6 is 0 Å². The lowest BCUT2D eigenvalue weighted by atomic mass is 9.79. The number of aryl methyl sites for hydroxylation is 1. The zero-order valence-corrected chi connectivity index (χ0v) is 45.6. The van der Waals surface area contributed by atoms with Crippen LogP contribution in [0.15, 0.2) is 260 Å². The number of benzene rings is 10. The lowest BCUT2D eigenvalue weighted by Crippen LogP contribution is -2.76. The highest BCUT2D eigenvalue weighted by atomic mass is 28.3. The molecule has 6 heteroatoms. The van der Waals surface area contributed by atoms with Crippen molar-refractivity contribution in [2.45, 2.75) is 59.2 Å². The molecule has 0 amide bonds. The Hall–Kier alpha value is -9.36. The SMILES string of the molecule is [2H]c1c([2H])c([2H])c(-c2ccc3c(c2)n(-c2cccc(Oc4ccc5c6ccccc6n(-c6cc(C([2H])([2H])[2H])c(-c7c([2H])c([2H])c([2H])c([2H])c7[2H])cn6)c5c4)c2)[c-][n+]3-c2c(C(C)(C)C)cc(C(C)(C)C)cc2[Si](c2c([2H])c([2H])c([2H])c([2H])c2[2H])(c2c([2H])c([2H])c([2H])c([2H])c2[2H])c2c([2H])c([2H])c([2H])c([2H])c2[2H])c([2H])c1[2H]. The monoisotopic (exact) mass is 1090 g/mol. The van der Waals surface area contributed by atoms with Gasteiger partial charge in [0.25, 0.3) is 6.33 Å². The van der Waals surface area contributed by atoms with Gasteiger partial charge in [-0.2, -0.15) is 0 Å². The van der Waals surface area contributed by atoms with Gasteiger partial charge in [-0.05, 0) is 120 Å². The van der Waals surface area contributed by atoms with E-state index in [1.165, 1.54) is 33.5 Å². The first-order chi connectivity index (χ1) is 50.9. The molecule has 0 N–H and O–H groups in total. The molecule has 81 heavy (non-hydrogen) atoms. The largest absolute Gasteiger partial charge is 0.458 e. The van der Waals surface area contributed by atoms with Crippen LogP contribution in [0.4, 0.5) is 0 Å². The van der Waals surface area contributed by atoms with Crippen molar-refractivity contribution in [2.75, 3.05) is 0 Å². The Morgan fingerprint density at radius 3 is 1.77 bits per heavy atom. The van der Waals surface area contributed by atoms with Gasteiger partial charge in [-0.3, -0.25) is 13.7 Å². The molecule has 5 nitrogen and oxygen atoms in total. The van der Waals surface area contributed by atoms with Crippen LogP contribution in [0.2, 0.25) is 0 Å². The van der Waals surface area contributed by atoms with Crippen LogP contribution < -0.4 is 30.1 Å². The maximum Gasteiger partial charge on any atom is 0.269 e. The Labute approximate surface area is 516 Å². The van der Waals surface area contributed by atoms with Crippen molar-refractivity contribution in [1.29, 1.82) is 0 Å². The number of aromatic nitrogens is 4. The number of hydrogen-bond acceptors (Lipinski definition) is 2. The van der Waals surface area contributed by atoms with Gasteiger partial charge in [-0.25, -0.2) is 4.98 Å². The average Bonchev–Trinajstić information content (AvgIpc) is 0.914. The van der Waals surface area contributed by atoms with Crippen LogP contribution in [-0.4, -0.2) is 22.2 Å². The first-order valence-electron chi connectivity index (χ1n) is 39.8. The van der Waals surface area contributed by atoms with E-state index in [0.29, 0.717) is 32.9 Å². The zero-order valence-electron chi connectivity index (χ0n) is 72.6. The van der Waals surface area contributed by atoms with E-state index in [2.05, 4.69) is 6.33 Å². The second-order valence-corrected chi connectivity index (χ2v) is 24.9. The smallest absolute Gasteiger partial charge is 0.269 e. The molecule has 0 unspecified atom stereocenters. The second-order valence-electron chi connectivity index (χ2n) is 21.4. The van der Waals surface area contributed by atoms with Crippen molar-refractivity contribution < 1.29 is 47.7 Å². The van der Waals surface area contributed by atoms with Crippen molar-refractivity contribution in [3.05, 3.63) is 283 Å². The van der Waals surface area contributed by atoms with Gasteiger partial charge in [0.2, 0.25) is 0 Å². The molecule has 0 saturated carbocycles. The fourth-order valence-corrected chi connectivity index (χ4v) is 14.5. The van der Waals surface area contributed by atoms with E-state index in [9.17, 15) is 19.2 Å². The molecule has 394 valence electrons. The summed E-state index contributed by atoms with van der Waals surface area (Å²) >= 11 is 0. The Morgan fingerprint density at radius 1 is 0.531 bits per heavy atom. The molecule has 0 spiro atoms. The number of fused-ring (bicyclic) bond motifs is 4. The molecule has 0 radical (unpaired) electrons. The van der Waals surface area contributed by atoms with Crippen LogP contribution in [0.1, 0.15) is 96.6 Å². The van der Waals surface area contributed by atoms with E-state index in [4.69, 9.17) is 28.9 Å². The quantitative estimate of drug-likeness (QED) is 0.0560. The molecular weight excluding hydrogens is 1000 g/mol. The minimum absolute atomic E-state index is 0.0304. The second kappa shape index (κ2) is 20.4. The third-order valence-electron chi connectivity index (χ3n) is 14.3. The van der Waals surface area contributed by atoms with Crippen LogP contribution in [0, 0.1) is 13.2 Å². The van der Waals surface area contributed by atoms with Gasteiger partial charge in [0, 0.05) is 32.7 Å². The minimum Gasteiger partial charge on any atom is -0.458 e. The van der Waals surface area contributed by atoms with E-state index in [0.717, 1.165) is 0 Å². The summed E-state index contributed by atoms with van der Waals surface area (Å²) in [5.41, 5.74) is -0.800. The Bertz CT molecular complexity index is 5820. The highest BCUT2D eigenvalue weighted by Gasteiger charge is 2.45. The Kier molecular flexibility index (Phi) is 7.22. The van der Waals surface area contributed by atoms with Gasteiger partial charge in [0.1, 0.15) is 17.3 Å². The van der Waals surface area contributed by atoms with Crippen molar-refractivity contribution in [2.24, 2.45) is 0 Å². The Morgan fingerprint density at radius 2 is 1.14 bits per heavy atom. The molecule has 10 aromatic carbocycles. The Balaban J connectivity index is 1.14. The van der Waals surface area contributed by atoms with E-state index < -0.39 is 192 Å². The molecule has 0 atom stereocenters. The topological polar surface area (TPSA) is 35.9 Å².